The summed E-state index contributed by atoms with van der Waals surface area (Å²) in [5, 5.41) is 10.1. The van der Waals surface area contributed by atoms with Crippen molar-refractivity contribution >= 4 is 54.3 Å². The smallest absolute Gasteiger partial charge is 0.143 e. The number of fused-ring (bicyclic) bond motifs is 6. The maximum absolute atomic E-state index is 6.82. The molecule has 1 heteroatoms. The molecule has 0 radical (unpaired) electrons. The van der Waals surface area contributed by atoms with Gasteiger partial charge in [-0.2, -0.15) is 0 Å². The molecule has 50 heavy (non-hydrogen) atoms. The van der Waals surface area contributed by atoms with Gasteiger partial charge >= 0.3 is 0 Å². The first-order chi connectivity index (χ1) is 24.6. The SMILES string of the molecule is CC1(C)c2ccccc2-c2cc(-c3cccc4c3oc3cccc(-c5ccc6ccc7c(-c8ccccc8)ccc8ccc5c6c87)c34)ccc21. The molecule has 1 aliphatic carbocycles. The van der Waals surface area contributed by atoms with E-state index in [0.29, 0.717) is 0 Å². The van der Waals surface area contributed by atoms with Crippen molar-refractivity contribution in [1.29, 1.82) is 0 Å². The summed E-state index contributed by atoms with van der Waals surface area (Å²) in [6.07, 6.45) is 0. The molecular weight excluding hydrogens is 605 g/mol. The minimum atomic E-state index is -0.0193. The van der Waals surface area contributed by atoms with Crippen molar-refractivity contribution in [2.24, 2.45) is 0 Å². The number of hydrogen-bond acceptors (Lipinski definition) is 1. The van der Waals surface area contributed by atoms with E-state index < -0.39 is 0 Å². The van der Waals surface area contributed by atoms with Crippen molar-refractivity contribution < 1.29 is 4.42 Å². The molecule has 0 N–H and O–H groups in total. The second-order valence-electron chi connectivity index (χ2n) is 14.4. The molecule has 0 fully saturated rings. The maximum atomic E-state index is 6.82. The first kappa shape index (κ1) is 27.7. The fourth-order valence-electron chi connectivity index (χ4n) is 9.09. The van der Waals surface area contributed by atoms with Crippen LogP contribution in [-0.4, -0.2) is 0 Å². The Labute approximate surface area is 290 Å². The van der Waals surface area contributed by atoms with Crippen molar-refractivity contribution in [1.82, 2.24) is 0 Å². The van der Waals surface area contributed by atoms with Gasteiger partial charge < -0.3 is 4.42 Å². The van der Waals surface area contributed by atoms with E-state index in [1.165, 1.54) is 82.4 Å². The zero-order chi connectivity index (χ0) is 33.1. The second kappa shape index (κ2) is 9.94. The lowest BCUT2D eigenvalue weighted by molar-refractivity contribution is 0.660. The second-order valence-corrected chi connectivity index (χ2v) is 14.4. The number of benzene rings is 9. The molecule has 9 aromatic carbocycles. The first-order valence-corrected chi connectivity index (χ1v) is 17.5. The van der Waals surface area contributed by atoms with Crippen molar-refractivity contribution in [2.45, 2.75) is 19.3 Å². The third kappa shape index (κ3) is 3.67. The summed E-state index contributed by atoms with van der Waals surface area (Å²) in [4.78, 5) is 0. The normalized spacial score (nSPS) is 13.6. The highest BCUT2D eigenvalue weighted by molar-refractivity contribution is 6.29. The molecule has 1 aromatic heterocycles. The van der Waals surface area contributed by atoms with Crippen LogP contribution in [0.2, 0.25) is 0 Å². The van der Waals surface area contributed by atoms with Gasteiger partial charge in [0.15, 0.2) is 0 Å². The van der Waals surface area contributed by atoms with E-state index in [9.17, 15) is 0 Å². The molecule has 1 nitrogen and oxygen atoms in total. The van der Waals surface area contributed by atoms with E-state index >= 15 is 0 Å². The van der Waals surface area contributed by atoms with Crippen molar-refractivity contribution in [3.63, 3.8) is 0 Å². The molecule has 0 unspecified atom stereocenters. The summed E-state index contributed by atoms with van der Waals surface area (Å²) < 4.78 is 6.82. The Bertz CT molecular complexity index is 2990. The molecular formula is C49H32O. The Balaban J connectivity index is 1.13. The van der Waals surface area contributed by atoms with Gasteiger partial charge in [-0.1, -0.05) is 159 Å². The number of rotatable bonds is 3. The molecule has 0 saturated heterocycles. The number of hydrogen-bond donors (Lipinski definition) is 0. The molecule has 234 valence electrons. The fourth-order valence-corrected chi connectivity index (χ4v) is 9.09. The van der Waals surface area contributed by atoms with Crippen molar-refractivity contribution in [3.05, 3.63) is 169 Å². The average molecular weight is 637 g/mol. The lowest BCUT2D eigenvalue weighted by Gasteiger charge is -2.21. The predicted octanol–water partition coefficient (Wildman–Crippen LogP) is 13.8. The van der Waals surface area contributed by atoms with Crippen molar-refractivity contribution in [3.8, 4) is 44.5 Å². The van der Waals surface area contributed by atoms with Crippen LogP contribution in [0.25, 0.3) is 98.8 Å². The van der Waals surface area contributed by atoms with Crippen LogP contribution in [0.1, 0.15) is 25.0 Å². The molecule has 11 rings (SSSR count). The van der Waals surface area contributed by atoms with E-state index in [1.54, 1.807) is 0 Å². The van der Waals surface area contributed by atoms with Crippen molar-refractivity contribution in [2.75, 3.05) is 0 Å². The predicted molar refractivity (Wildman–Crippen MR) is 211 cm³/mol. The lowest BCUT2D eigenvalue weighted by Crippen LogP contribution is -2.14. The molecule has 0 bridgehead atoms. The largest absolute Gasteiger partial charge is 0.455 e. The van der Waals surface area contributed by atoms with Crippen LogP contribution in [0.3, 0.4) is 0 Å². The molecule has 0 atom stereocenters. The van der Waals surface area contributed by atoms with Crippen LogP contribution in [0.4, 0.5) is 0 Å². The van der Waals surface area contributed by atoms with Gasteiger partial charge in [-0.3, -0.25) is 0 Å². The van der Waals surface area contributed by atoms with Crippen LogP contribution in [0, 0.1) is 0 Å². The van der Waals surface area contributed by atoms with Gasteiger partial charge in [0.1, 0.15) is 11.2 Å². The number of para-hydroxylation sites is 1. The number of furan rings is 1. The minimum Gasteiger partial charge on any atom is -0.455 e. The Hall–Kier alpha value is -6.18. The lowest BCUT2D eigenvalue weighted by atomic mass is 9.82. The summed E-state index contributed by atoms with van der Waals surface area (Å²) in [7, 11) is 0. The average Bonchev–Trinajstić information content (AvgIpc) is 3.66. The van der Waals surface area contributed by atoms with Gasteiger partial charge in [0.25, 0.3) is 0 Å². The molecule has 1 heterocycles. The zero-order valence-electron chi connectivity index (χ0n) is 27.9. The highest BCUT2D eigenvalue weighted by atomic mass is 16.3. The van der Waals surface area contributed by atoms with E-state index in [4.69, 9.17) is 4.42 Å². The molecule has 1 aliphatic rings. The Morgan fingerprint density at radius 3 is 1.84 bits per heavy atom. The van der Waals surface area contributed by atoms with Gasteiger partial charge in [-0.05, 0) is 94.5 Å². The van der Waals surface area contributed by atoms with Gasteiger partial charge in [0, 0.05) is 21.8 Å². The molecule has 0 aliphatic heterocycles. The van der Waals surface area contributed by atoms with Gasteiger partial charge in [0.2, 0.25) is 0 Å². The summed E-state index contributed by atoms with van der Waals surface area (Å²) in [6, 6.07) is 58.0. The van der Waals surface area contributed by atoms with E-state index in [-0.39, 0.29) is 5.41 Å². The fraction of sp³-hybridized carbons (Fsp3) is 0.0612. The van der Waals surface area contributed by atoms with Crippen LogP contribution in [0.5, 0.6) is 0 Å². The molecule has 0 saturated carbocycles. The maximum Gasteiger partial charge on any atom is 0.143 e. The standard InChI is InChI=1S/C49H32O/c1-49(2)42-16-7-6-12-36(42)41-28-32(22-27-43(41)49)34-13-8-15-40-47-37(14-9-17-44(47)50-48(34)40)35-24-19-31-20-25-38-33(29-10-4-3-5-11-29)23-18-30-21-26-39(35)46(31)45(30)38/h3-28H,1-2H3. The quantitative estimate of drug-likeness (QED) is 0.176. The minimum absolute atomic E-state index is 0.0193. The van der Waals surface area contributed by atoms with E-state index in [2.05, 4.69) is 172 Å². The first-order valence-electron chi connectivity index (χ1n) is 17.5. The van der Waals surface area contributed by atoms with Crippen LogP contribution >= 0.6 is 0 Å². The molecule has 0 spiro atoms. The molecule has 0 amide bonds. The van der Waals surface area contributed by atoms with Crippen LogP contribution in [-0.2, 0) is 5.41 Å². The van der Waals surface area contributed by atoms with Gasteiger partial charge in [0.05, 0.1) is 0 Å². The molecule has 10 aromatic rings. The Kier molecular flexibility index (Phi) is 5.51. The highest BCUT2D eigenvalue weighted by Gasteiger charge is 2.35. The Morgan fingerprint density at radius 1 is 0.380 bits per heavy atom. The van der Waals surface area contributed by atoms with Gasteiger partial charge in [-0.25, -0.2) is 0 Å². The third-order valence-electron chi connectivity index (χ3n) is 11.5. The van der Waals surface area contributed by atoms with Crippen LogP contribution in [0.15, 0.2) is 162 Å². The van der Waals surface area contributed by atoms with Gasteiger partial charge in [-0.15, -0.1) is 0 Å². The summed E-state index contributed by atoms with van der Waals surface area (Å²) in [5.74, 6) is 0. The topological polar surface area (TPSA) is 13.1 Å². The summed E-state index contributed by atoms with van der Waals surface area (Å²) in [5.41, 5.74) is 14.5. The van der Waals surface area contributed by atoms with E-state index in [0.717, 1.165) is 27.5 Å². The highest BCUT2D eigenvalue weighted by Crippen LogP contribution is 2.51. The summed E-state index contributed by atoms with van der Waals surface area (Å²) >= 11 is 0. The monoisotopic (exact) mass is 636 g/mol. The summed E-state index contributed by atoms with van der Waals surface area (Å²) in [6.45, 7) is 4.67. The third-order valence-corrected chi connectivity index (χ3v) is 11.5. The Morgan fingerprint density at radius 2 is 1.02 bits per heavy atom. The van der Waals surface area contributed by atoms with Crippen LogP contribution < -0.4 is 0 Å². The van der Waals surface area contributed by atoms with E-state index in [1.807, 2.05) is 0 Å². The zero-order valence-corrected chi connectivity index (χ0v) is 27.9.